The summed E-state index contributed by atoms with van der Waals surface area (Å²) in [5.74, 6) is -1.26. The fourth-order valence-electron chi connectivity index (χ4n) is 2.81. The zero-order valence-electron chi connectivity index (χ0n) is 17.1. The molecule has 2 rings (SSSR count). The molecule has 0 saturated heterocycles. The molecule has 1 N–H and O–H groups in total. The lowest BCUT2D eigenvalue weighted by Crippen LogP contribution is -2.35. The molecule has 8 nitrogen and oxygen atoms in total. The highest BCUT2D eigenvalue weighted by molar-refractivity contribution is 9.10. The smallest absolute Gasteiger partial charge is 0.341 e. The van der Waals surface area contributed by atoms with Gasteiger partial charge in [0.15, 0.2) is 16.4 Å². The Kier molecular flexibility index (Phi) is 8.64. The van der Waals surface area contributed by atoms with Crippen LogP contribution in [0.4, 0.5) is 0 Å². The lowest BCUT2D eigenvalue weighted by atomic mass is 10.2. The number of sulfone groups is 1. The third-order valence-electron chi connectivity index (χ3n) is 4.39. The Morgan fingerprint density at radius 2 is 1.65 bits per heavy atom. The molecular formula is C20H24BrNO7S2. The van der Waals surface area contributed by atoms with Crippen molar-refractivity contribution >= 4 is 41.8 Å². The van der Waals surface area contributed by atoms with E-state index in [0.29, 0.717) is 12.0 Å². The van der Waals surface area contributed by atoms with E-state index in [9.17, 15) is 21.6 Å². The molecule has 0 radical (unpaired) electrons. The topological polar surface area (TPSA) is 118 Å². The van der Waals surface area contributed by atoms with Crippen LogP contribution in [0, 0.1) is 6.92 Å². The second-order valence-electron chi connectivity index (χ2n) is 6.79. The zero-order chi connectivity index (χ0) is 23.2. The van der Waals surface area contributed by atoms with E-state index in [-0.39, 0.29) is 28.6 Å². The minimum atomic E-state index is -3.84. The van der Waals surface area contributed by atoms with Crippen molar-refractivity contribution in [1.82, 2.24) is 4.31 Å². The first-order chi connectivity index (χ1) is 14.5. The van der Waals surface area contributed by atoms with Crippen molar-refractivity contribution in [1.29, 1.82) is 0 Å². The van der Waals surface area contributed by atoms with Crippen LogP contribution < -0.4 is 4.74 Å². The maximum atomic E-state index is 13.0. The molecule has 31 heavy (non-hydrogen) atoms. The van der Waals surface area contributed by atoms with Crippen LogP contribution in [0.25, 0.3) is 0 Å². The molecule has 0 saturated carbocycles. The molecule has 0 fully saturated rings. The number of halogens is 1. The molecule has 0 aliphatic carbocycles. The predicted molar refractivity (Wildman–Crippen MR) is 120 cm³/mol. The number of hydrogen-bond donors (Lipinski definition) is 1. The number of aryl methyl sites for hydroxylation is 1. The van der Waals surface area contributed by atoms with E-state index in [0.717, 1.165) is 4.47 Å². The van der Waals surface area contributed by atoms with E-state index in [1.807, 2.05) is 6.92 Å². The van der Waals surface area contributed by atoms with Crippen LogP contribution in [-0.4, -0.2) is 57.7 Å². The van der Waals surface area contributed by atoms with E-state index in [4.69, 9.17) is 9.84 Å². The summed E-state index contributed by atoms with van der Waals surface area (Å²) in [4.78, 5) is 10.7. The van der Waals surface area contributed by atoms with Gasteiger partial charge in [0.1, 0.15) is 5.75 Å². The van der Waals surface area contributed by atoms with Gasteiger partial charge in [-0.2, -0.15) is 4.31 Å². The van der Waals surface area contributed by atoms with Gasteiger partial charge in [-0.25, -0.2) is 21.6 Å². The van der Waals surface area contributed by atoms with Crippen LogP contribution in [0.2, 0.25) is 0 Å². The Labute approximate surface area is 190 Å². The first-order valence-corrected chi connectivity index (χ1v) is 13.3. The quantitative estimate of drug-likeness (QED) is 0.471. The van der Waals surface area contributed by atoms with Crippen molar-refractivity contribution in [2.75, 3.05) is 25.4 Å². The Balaban J connectivity index is 2.20. The van der Waals surface area contributed by atoms with Gasteiger partial charge < -0.3 is 9.84 Å². The van der Waals surface area contributed by atoms with Crippen LogP contribution in [0.5, 0.6) is 5.75 Å². The maximum absolute atomic E-state index is 13.0. The fraction of sp³-hybridized carbons (Fsp3) is 0.350. The van der Waals surface area contributed by atoms with Gasteiger partial charge in [0.2, 0.25) is 10.0 Å². The highest BCUT2D eigenvalue weighted by Crippen LogP contribution is 2.24. The summed E-state index contributed by atoms with van der Waals surface area (Å²) in [5.41, 5.74) is 0.468. The Bertz CT molecular complexity index is 1130. The highest BCUT2D eigenvalue weighted by Gasteiger charge is 2.26. The highest BCUT2D eigenvalue weighted by atomic mass is 79.9. The van der Waals surface area contributed by atoms with Crippen molar-refractivity contribution < 1.29 is 31.5 Å². The molecule has 0 bridgehead atoms. The van der Waals surface area contributed by atoms with Gasteiger partial charge in [-0.1, -0.05) is 22.9 Å². The zero-order valence-corrected chi connectivity index (χ0v) is 20.3. The molecule has 170 valence electrons. The standard InChI is InChI=1S/C20H24BrNO7S2/c1-3-10-22(31(27,28)17-6-4-16(21)5-7-17)11-12-30(25,26)18-8-9-19(15(2)13-18)29-14-20(23)24/h4-9,13H,3,10-12,14H2,1-2H3,(H,23,24). The number of nitrogens with zero attached hydrogens (tertiary/aromatic N) is 1. The van der Waals surface area contributed by atoms with Crippen LogP contribution in [0.15, 0.2) is 56.7 Å². The summed E-state index contributed by atoms with van der Waals surface area (Å²) >= 11 is 3.26. The van der Waals surface area contributed by atoms with Gasteiger partial charge >= 0.3 is 5.97 Å². The van der Waals surface area contributed by atoms with Crippen molar-refractivity contribution in [3.05, 3.63) is 52.5 Å². The van der Waals surface area contributed by atoms with Crippen molar-refractivity contribution in [2.45, 2.75) is 30.1 Å². The summed E-state index contributed by atoms with van der Waals surface area (Å²) in [6.45, 7) is 2.89. The van der Waals surface area contributed by atoms with Crippen LogP contribution in [0.1, 0.15) is 18.9 Å². The molecule has 0 amide bonds. The minimum absolute atomic E-state index is 0.0187. The Morgan fingerprint density at radius 1 is 1.03 bits per heavy atom. The summed E-state index contributed by atoms with van der Waals surface area (Å²) in [7, 11) is -7.62. The minimum Gasteiger partial charge on any atom is -0.482 e. The normalized spacial score (nSPS) is 12.1. The maximum Gasteiger partial charge on any atom is 0.341 e. The largest absolute Gasteiger partial charge is 0.482 e. The third-order valence-corrected chi connectivity index (χ3v) is 8.52. The van der Waals surface area contributed by atoms with Crippen LogP contribution >= 0.6 is 15.9 Å². The SMILES string of the molecule is CCCN(CCS(=O)(=O)c1ccc(OCC(=O)O)c(C)c1)S(=O)(=O)c1ccc(Br)cc1. The molecular weight excluding hydrogens is 510 g/mol. The molecule has 0 aliphatic rings. The summed E-state index contributed by atoms with van der Waals surface area (Å²) < 4.78 is 58.6. The van der Waals surface area contributed by atoms with Gasteiger partial charge in [0.25, 0.3) is 0 Å². The van der Waals surface area contributed by atoms with Crippen molar-refractivity contribution in [2.24, 2.45) is 0 Å². The number of ether oxygens (including phenoxy) is 1. The van der Waals surface area contributed by atoms with Crippen LogP contribution in [0.3, 0.4) is 0 Å². The fourth-order valence-corrected chi connectivity index (χ4v) is 6.05. The Morgan fingerprint density at radius 3 is 2.19 bits per heavy atom. The average Bonchev–Trinajstić information content (AvgIpc) is 2.70. The lowest BCUT2D eigenvalue weighted by Gasteiger charge is -2.22. The predicted octanol–water partition coefficient (Wildman–Crippen LogP) is 3.10. The Hall–Kier alpha value is -1.95. The number of hydrogen-bond acceptors (Lipinski definition) is 6. The summed E-state index contributed by atoms with van der Waals surface area (Å²) in [6.07, 6.45) is 0.532. The number of benzene rings is 2. The van der Waals surface area contributed by atoms with E-state index >= 15 is 0 Å². The molecule has 0 heterocycles. The molecule has 0 aliphatic heterocycles. The van der Waals surface area contributed by atoms with Gasteiger partial charge in [0, 0.05) is 17.6 Å². The van der Waals surface area contributed by atoms with E-state index in [2.05, 4.69) is 15.9 Å². The molecule has 11 heteroatoms. The second-order valence-corrected chi connectivity index (χ2v) is 11.7. The number of rotatable bonds is 11. The second kappa shape index (κ2) is 10.6. The van der Waals surface area contributed by atoms with Gasteiger partial charge in [-0.15, -0.1) is 0 Å². The number of carbonyl (C=O) groups is 1. The van der Waals surface area contributed by atoms with Gasteiger partial charge in [0.05, 0.1) is 15.5 Å². The molecule has 2 aromatic carbocycles. The monoisotopic (exact) mass is 533 g/mol. The lowest BCUT2D eigenvalue weighted by molar-refractivity contribution is -0.139. The molecule has 2 aromatic rings. The molecule has 0 atom stereocenters. The van der Waals surface area contributed by atoms with Gasteiger partial charge in [-0.3, -0.25) is 0 Å². The molecule has 0 spiro atoms. The van der Waals surface area contributed by atoms with E-state index in [1.54, 1.807) is 19.1 Å². The summed E-state index contributed by atoms with van der Waals surface area (Å²) in [5, 5.41) is 8.70. The molecule has 0 aromatic heterocycles. The van der Waals surface area contributed by atoms with E-state index < -0.39 is 38.2 Å². The van der Waals surface area contributed by atoms with Crippen molar-refractivity contribution in [3.8, 4) is 5.75 Å². The number of carboxylic acids is 1. The van der Waals surface area contributed by atoms with Gasteiger partial charge in [-0.05, 0) is 61.4 Å². The number of sulfonamides is 1. The van der Waals surface area contributed by atoms with E-state index in [1.165, 1.54) is 34.6 Å². The number of aliphatic carboxylic acids is 1. The van der Waals surface area contributed by atoms with Crippen LogP contribution in [-0.2, 0) is 24.7 Å². The summed E-state index contributed by atoms with van der Waals surface area (Å²) in [6, 6.07) is 10.3. The first-order valence-electron chi connectivity index (χ1n) is 9.41. The molecule has 0 unspecified atom stereocenters. The third kappa shape index (κ3) is 6.76. The average molecular weight is 534 g/mol. The number of carboxylic acid groups (broad SMARTS) is 1. The first kappa shape index (κ1) is 25.3. The van der Waals surface area contributed by atoms with Crippen molar-refractivity contribution in [3.63, 3.8) is 0 Å².